The molecule has 0 bridgehead atoms. The lowest BCUT2D eigenvalue weighted by molar-refractivity contribution is -0.159. The summed E-state index contributed by atoms with van der Waals surface area (Å²) in [6.45, 7) is 0.0483. The molecule has 1 rings (SSSR count). The van der Waals surface area contributed by atoms with Crippen molar-refractivity contribution < 1.29 is 23.7 Å². The van der Waals surface area contributed by atoms with E-state index >= 15 is 0 Å². The minimum atomic E-state index is -3.26. The van der Waals surface area contributed by atoms with Crippen molar-refractivity contribution in [2.45, 2.75) is 26.2 Å². The molecular weight excluding hydrogens is 206 g/mol. The van der Waals surface area contributed by atoms with Crippen LogP contribution in [0, 0.1) is 0 Å². The SMILES string of the molecule is CC(F)(F)Oc1ccc(CO)c(CO)c1. The molecule has 0 aliphatic heterocycles. The molecule has 15 heavy (non-hydrogen) atoms. The van der Waals surface area contributed by atoms with Gasteiger partial charge in [-0.2, -0.15) is 8.78 Å². The highest BCUT2D eigenvalue weighted by atomic mass is 19.3. The first-order valence-corrected chi connectivity index (χ1v) is 4.36. The first-order chi connectivity index (χ1) is 6.96. The first kappa shape index (κ1) is 11.9. The number of alkyl halides is 2. The monoisotopic (exact) mass is 218 g/mol. The van der Waals surface area contributed by atoms with Gasteiger partial charge in [-0.3, -0.25) is 0 Å². The molecule has 0 saturated heterocycles. The number of aliphatic hydroxyl groups is 2. The van der Waals surface area contributed by atoms with Crippen LogP contribution in [-0.4, -0.2) is 16.3 Å². The zero-order chi connectivity index (χ0) is 11.5. The molecule has 0 amide bonds. The van der Waals surface area contributed by atoms with Gasteiger partial charge in [0.2, 0.25) is 0 Å². The summed E-state index contributed by atoms with van der Waals surface area (Å²) < 4.78 is 29.3. The van der Waals surface area contributed by atoms with Crippen molar-refractivity contribution in [3.63, 3.8) is 0 Å². The Morgan fingerprint density at radius 3 is 2.27 bits per heavy atom. The van der Waals surface area contributed by atoms with Gasteiger partial charge in [-0.15, -0.1) is 0 Å². The summed E-state index contributed by atoms with van der Waals surface area (Å²) in [5.74, 6) is -0.0382. The molecular formula is C10H12F2O3. The summed E-state index contributed by atoms with van der Waals surface area (Å²) in [5, 5.41) is 17.8. The normalized spacial score (nSPS) is 11.5. The predicted octanol–water partition coefficient (Wildman–Crippen LogP) is 1.66. The Morgan fingerprint density at radius 2 is 1.80 bits per heavy atom. The fourth-order valence-corrected chi connectivity index (χ4v) is 1.17. The Morgan fingerprint density at radius 1 is 1.20 bits per heavy atom. The second-order valence-corrected chi connectivity index (χ2v) is 3.16. The fourth-order valence-electron chi connectivity index (χ4n) is 1.17. The van der Waals surface area contributed by atoms with Crippen LogP contribution in [0.3, 0.4) is 0 Å². The van der Waals surface area contributed by atoms with E-state index in [2.05, 4.69) is 4.74 Å². The van der Waals surface area contributed by atoms with E-state index in [1.165, 1.54) is 18.2 Å². The van der Waals surface area contributed by atoms with Gasteiger partial charge in [-0.05, 0) is 23.3 Å². The van der Waals surface area contributed by atoms with E-state index < -0.39 is 6.11 Å². The fraction of sp³-hybridized carbons (Fsp3) is 0.400. The summed E-state index contributed by atoms with van der Waals surface area (Å²) in [6, 6.07) is 4.04. The van der Waals surface area contributed by atoms with Crippen molar-refractivity contribution in [1.29, 1.82) is 0 Å². The summed E-state index contributed by atoms with van der Waals surface area (Å²) in [4.78, 5) is 0. The smallest absolute Gasteiger partial charge is 0.394 e. The van der Waals surface area contributed by atoms with Crippen LogP contribution in [0.2, 0.25) is 0 Å². The van der Waals surface area contributed by atoms with Crippen LogP contribution >= 0.6 is 0 Å². The third kappa shape index (κ3) is 3.45. The standard InChI is InChI=1S/C10H12F2O3/c1-10(11,12)15-9-3-2-7(5-13)8(4-9)6-14/h2-4,13-14H,5-6H2,1H3. The second-order valence-electron chi connectivity index (χ2n) is 3.16. The maximum atomic E-state index is 12.5. The summed E-state index contributed by atoms with van der Waals surface area (Å²) in [6.07, 6.45) is -3.26. The molecule has 0 saturated carbocycles. The van der Waals surface area contributed by atoms with Crippen LogP contribution in [0.25, 0.3) is 0 Å². The quantitative estimate of drug-likeness (QED) is 0.808. The number of hydrogen-bond donors (Lipinski definition) is 2. The Kier molecular flexibility index (Phi) is 3.60. The molecule has 0 fully saturated rings. The lowest BCUT2D eigenvalue weighted by Gasteiger charge is -2.14. The van der Waals surface area contributed by atoms with Crippen molar-refractivity contribution in [3.8, 4) is 5.75 Å². The van der Waals surface area contributed by atoms with Gasteiger partial charge in [0, 0.05) is 6.92 Å². The van der Waals surface area contributed by atoms with Crippen molar-refractivity contribution in [2.24, 2.45) is 0 Å². The highest BCUT2D eigenvalue weighted by Crippen LogP contribution is 2.23. The average molecular weight is 218 g/mol. The van der Waals surface area contributed by atoms with E-state index in [-0.39, 0.29) is 19.0 Å². The summed E-state index contributed by atoms with van der Waals surface area (Å²) >= 11 is 0. The number of ether oxygens (including phenoxy) is 1. The number of aliphatic hydroxyl groups excluding tert-OH is 2. The van der Waals surface area contributed by atoms with Gasteiger partial charge in [-0.1, -0.05) is 6.07 Å². The number of hydrogen-bond acceptors (Lipinski definition) is 3. The zero-order valence-electron chi connectivity index (χ0n) is 8.20. The van der Waals surface area contributed by atoms with E-state index in [9.17, 15) is 8.78 Å². The van der Waals surface area contributed by atoms with Gasteiger partial charge in [0.1, 0.15) is 5.75 Å². The number of benzene rings is 1. The first-order valence-electron chi connectivity index (χ1n) is 4.36. The average Bonchev–Trinajstić information content (AvgIpc) is 2.15. The van der Waals surface area contributed by atoms with E-state index in [0.29, 0.717) is 18.1 Å². The van der Waals surface area contributed by atoms with Crippen LogP contribution in [-0.2, 0) is 13.2 Å². The molecule has 84 valence electrons. The molecule has 0 radical (unpaired) electrons. The molecule has 0 aromatic heterocycles. The lowest BCUT2D eigenvalue weighted by Crippen LogP contribution is -2.19. The molecule has 0 heterocycles. The van der Waals surface area contributed by atoms with Crippen LogP contribution in [0.5, 0.6) is 5.75 Å². The number of halogens is 2. The van der Waals surface area contributed by atoms with Gasteiger partial charge < -0.3 is 14.9 Å². The van der Waals surface area contributed by atoms with E-state index in [0.717, 1.165) is 0 Å². The molecule has 0 spiro atoms. The van der Waals surface area contributed by atoms with E-state index in [4.69, 9.17) is 10.2 Å². The Hall–Kier alpha value is -1.20. The molecule has 0 aliphatic rings. The van der Waals surface area contributed by atoms with Gasteiger partial charge >= 0.3 is 6.11 Å². The van der Waals surface area contributed by atoms with Gasteiger partial charge in [0.05, 0.1) is 13.2 Å². The van der Waals surface area contributed by atoms with Gasteiger partial charge in [0.15, 0.2) is 0 Å². The summed E-state index contributed by atoms with van der Waals surface area (Å²) in [5.41, 5.74) is 0.864. The van der Waals surface area contributed by atoms with Crippen LogP contribution in [0.1, 0.15) is 18.1 Å². The second kappa shape index (κ2) is 4.55. The molecule has 3 nitrogen and oxygen atoms in total. The topological polar surface area (TPSA) is 49.7 Å². The van der Waals surface area contributed by atoms with Crippen LogP contribution in [0.4, 0.5) is 8.78 Å². The minimum absolute atomic E-state index is 0.0382. The Labute approximate surface area is 85.9 Å². The number of rotatable bonds is 4. The van der Waals surface area contributed by atoms with Crippen molar-refractivity contribution in [3.05, 3.63) is 29.3 Å². The largest absolute Gasteiger partial charge is 0.433 e. The highest BCUT2D eigenvalue weighted by molar-refractivity contribution is 5.35. The highest BCUT2D eigenvalue weighted by Gasteiger charge is 2.23. The molecule has 1 aromatic carbocycles. The molecule has 2 N–H and O–H groups in total. The van der Waals surface area contributed by atoms with Crippen LogP contribution in [0.15, 0.2) is 18.2 Å². The summed E-state index contributed by atoms with van der Waals surface area (Å²) in [7, 11) is 0. The van der Waals surface area contributed by atoms with Crippen LogP contribution < -0.4 is 4.74 Å². The predicted molar refractivity (Wildman–Crippen MR) is 49.5 cm³/mol. The van der Waals surface area contributed by atoms with Gasteiger partial charge in [-0.25, -0.2) is 0 Å². The molecule has 5 heteroatoms. The maximum Gasteiger partial charge on any atom is 0.394 e. The third-order valence-corrected chi connectivity index (χ3v) is 1.82. The maximum absolute atomic E-state index is 12.5. The molecule has 0 aliphatic carbocycles. The zero-order valence-corrected chi connectivity index (χ0v) is 8.20. The van der Waals surface area contributed by atoms with Crippen molar-refractivity contribution in [2.75, 3.05) is 0 Å². The lowest BCUT2D eigenvalue weighted by atomic mass is 10.1. The third-order valence-electron chi connectivity index (χ3n) is 1.82. The van der Waals surface area contributed by atoms with Crippen molar-refractivity contribution in [1.82, 2.24) is 0 Å². The Bertz CT molecular complexity index is 334. The minimum Gasteiger partial charge on any atom is -0.433 e. The molecule has 0 unspecified atom stereocenters. The van der Waals surface area contributed by atoms with Gasteiger partial charge in [0.25, 0.3) is 0 Å². The van der Waals surface area contributed by atoms with Crippen molar-refractivity contribution >= 4 is 0 Å². The van der Waals surface area contributed by atoms with E-state index in [1.54, 1.807) is 0 Å². The van der Waals surface area contributed by atoms with E-state index in [1.807, 2.05) is 0 Å². The molecule has 0 atom stereocenters. The Balaban J connectivity index is 2.93. The molecule has 1 aromatic rings.